The van der Waals surface area contributed by atoms with Gasteiger partial charge >= 0.3 is 0 Å². The standard InChI is InChI=1S/C13H14ClNO3/c14-8-1-6-11(12(17)7-8)13(18)15-9-2-4-10(16)5-3-9/h1,6-7,9,17H,2-5H2,(H,15,18). The topological polar surface area (TPSA) is 66.4 Å². The lowest BCUT2D eigenvalue weighted by molar-refractivity contribution is -0.120. The minimum atomic E-state index is -0.330. The lowest BCUT2D eigenvalue weighted by Gasteiger charge is -2.22. The van der Waals surface area contributed by atoms with Crippen molar-refractivity contribution < 1.29 is 14.7 Å². The Bertz CT molecular complexity index is 477. The van der Waals surface area contributed by atoms with E-state index in [1.165, 1.54) is 12.1 Å². The number of phenols is 1. The quantitative estimate of drug-likeness (QED) is 0.864. The number of phenolic OH excluding ortho intramolecular Hbond substituents is 1. The van der Waals surface area contributed by atoms with Crippen molar-refractivity contribution >= 4 is 23.3 Å². The summed E-state index contributed by atoms with van der Waals surface area (Å²) in [6.07, 6.45) is 2.35. The summed E-state index contributed by atoms with van der Waals surface area (Å²) in [5, 5.41) is 12.8. The van der Waals surface area contributed by atoms with Gasteiger partial charge in [0.05, 0.1) is 5.56 Å². The molecule has 0 aromatic heterocycles. The molecule has 0 spiro atoms. The number of rotatable bonds is 2. The molecule has 0 unspecified atom stereocenters. The fourth-order valence-electron chi connectivity index (χ4n) is 2.04. The molecular weight excluding hydrogens is 254 g/mol. The molecule has 0 atom stereocenters. The van der Waals surface area contributed by atoms with Gasteiger partial charge in [0.15, 0.2) is 0 Å². The third kappa shape index (κ3) is 3.01. The van der Waals surface area contributed by atoms with E-state index < -0.39 is 0 Å². The monoisotopic (exact) mass is 267 g/mol. The van der Waals surface area contributed by atoms with E-state index in [1.807, 2.05) is 0 Å². The molecule has 1 aliphatic carbocycles. The van der Waals surface area contributed by atoms with Crippen molar-refractivity contribution in [2.75, 3.05) is 0 Å². The van der Waals surface area contributed by atoms with Crippen molar-refractivity contribution in [1.82, 2.24) is 5.32 Å². The van der Waals surface area contributed by atoms with E-state index in [2.05, 4.69) is 5.32 Å². The lowest BCUT2D eigenvalue weighted by Crippen LogP contribution is -2.37. The van der Waals surface area contributed by atoms with Gasteiger partial charge in [0.25, 0.3) is 5.91 Å². The van der Waals surface area contributed by atoms with E-state index in [9.17, 15) is 14.7 Å². The predicted octanol–water partition coefficient (Wildman–Crippen LogP) is 2.29. The highest BCUT2D eigenvalue weighted by Crippen LogP contribution is 2.22. The summed E-state index contributed by atoms with van der Waals surface area (Å²) in [7, 11) is 0. The number of hydrogen-bond acceptors (Lipinski definition) is 3. The van der Waals surface area contributed by atoms with E-state index in [1.54, 1.807) is 6.07 Å². The fraction of sp³-hybridized carbons (Fsp3) is 0.385. The minimum Gasteiger partial charge on any atom is -0.507 e. The first-order valence-corrected chi connectivity index (χ1v) is 6.25. The van der Waals surface area contributed by atoms with Crippen LogP contribution in [0.15, 0.2) is 18.2 Å². The van der Waals surface area contributed by atoms with Gasteiger partial charge in [-0.25, -0.2) is 0 Å². The largest absolute Gasteiger partial charge is 0.507 e. The third-order valence-corrected chi connectivity index (χ3v) is 3.32. The molecule has 2 rings (SSSR count). The summed E-state index contributed by atoms with van der Waals surface area (Å²) in [5.74, 6) is -0.217. The Morgan fingerprint density at radius 1 is 1.33 bits per heavy atom. The summed E-state index contributed by atoms with van der Waals surface area (Å²) in [6, 6.07) is 4.38. The van der Waals surface area contributed by atoms with Crippen LogP contribution in [0.1, 0.15) is 36.0 Å². The van der Waals surface area contributed by atoms with Crippen LogP contribution in [0.3, 0.4) is 0 Å². The van der Waals surface area contributed by atoms with Gasteiger partial charge in [-0.1, -0.05) is 11.6 Å². The van der Waals surface area contributed by atoms with Gasteiger partial charge in [0.1, 0.15) is 11.5 Å². The molecule has 0 radical (unpaired) electrons. The summed E-state index contributed by atoms with van der Waals surface area (Å²) >= 11 is 5.70. The smallest absolute Gasteiger partial charge is 0.255 e. The van der Waals surface area contributed by atoms with E-state index in [0.29, 0.717) is 30.7 Å². The zero-order chi connectivity index (χ0) is 13.1. The van der Waals surface area contributed by atoms with Crippen LogP contribution < -0.4 is 5.32 Å². The molecule has 4 nitrogen and oxygen atoms in total. The number of carbonyl (C=O) groups excluding carboxylic acids is 2. The van der Waals surface area contributed by atoms with Gasteiger partial charge in [-0.2, -0.15) is 0 Å². The normalized spacial score (nSPS) is 16.6. The number of nitrogens with one attached hydrogen (secondary N) is 1. The number of halogens is 1. The van der Waals surface area contributed by atoms with Gasteiger partial charge in [0, 0.05) is 23.9 Å². The van der Waals surface area contributed by atoms with Crippen LogP contribution >= 0.6 is 11.6 Å². The Morgan fingerprint density at radius 3 is 2.61 bits per heavy atom. The highest BCUT2D eigenvalue weighted by molar-refractivity contribution is 6.30. The molecule has 1 aromatic carbocycles. The summed E-state index contributed by atoms with van der Waals surface area (Å²) < 4.78 is 0. The van der Waals surface area contributed by atoms with Gasteiger partial charge in [0.2, 0.25) is 0 Å². The maximum atomic E-state index is 11.9. The maximum Gasteiger partial charge on any atom is 0.255 e. The molecule has 5 heteroatoms. The molecule has 1 aromatic rings. The number of amides is 1. The van der Waals surface area contributed by atoms with Crippen molar-refractivity contribution in [3.8, 4) is 5.75 Å². The molecule has 0 bridgehead atoms. The Hall–Kier alpha value is -1.55. The zero-order valence-corrected chi connectivity index (χ0v) is 10.5. The molecule has 2 N–H and O–H groups in total. The van der Waals surface area contributed by atoms with Crippen molar-refractivity contribution in [3.05, 3.63) is 28.8 Å². The predicted molar refractivity (Wildman–Crippen MR) is 67.8 cm³/mol. The molecule has 1 aliphatic rings. The van der Waals surface area contributed by atoms with Crippen molar-refractivity contribution in [2.45, 2.75) is 31.7 Å². The molecule has 18 heavy (non-hydrogen) atoms. The second-order valence-corrected chi connectivity index (χ2v) is 4.88. The summed E-state index contributed by atoms with van der Waals surface area (Å²) in [6.45, 7) is 0. The van der Waals surface area contributed by atoms with E-state index in [0.717, 1.165) is 0 Å². The van der Waals surface area contributed by atoms with Crippen LogP contribution in [0, 0.1) is 0 Å². The van der Waals surface area contributed by atoms with E-state index >= 15 is 0 Å². The number of ketones is 1. The Labute approximate surface area is 110 Å². The molecular formula is C13H14ClNO3. The van der Waals surface area contributed by atoms with Crippen LogP contribution in [0.4, 0.5) is 0 Å². The molecule has 96 valence electrons. The first-order chi connectivity index (χ1) is 8.56. The van der Waals surface area contributed by atoms with E-state index in [-0.39, 0.29) is 29.0 Å². The van der Waals surface area contributed by atoms with Crippen LogP contribution in [0.5, 0.6) is 5.75 Å². The lowest BCUT2D eigenvalue weighted by atomic mass is 9.94. The Balaban J connectivity index is 2.01. The SMILES string of the molecule is O=C1CCC(NC(=O)c2ccc(Cl)cc2O)CC1. The van der Waals surface area contributed by atoms with Gasteiger partial charge in [-0.05, 0) is 31.0 Å². The van der Waals surface area contributed by atoms with E-state index in [4.69, 9.17) is 11.6 Å². The molecule has 0 saturated heterocycles. The van der Waals surface area contributed by atoms with Crippen molar-refractivity contribution in [2.24, 2.45) is 0 Å². The highest BCUT2D eigenvalue weighted by atomic mass is 35.5. The summed E-state index contributed by atoms with van der Waals surface area (Å²) in [5.41, 5.74) is 0.205. The van der Waals surface area contributed by atoms with Gasteiger partial charge in [-0.3, -0.25) is 9.59 Å². The molecule has 0 heterocycles. The average Bonchev–Trinajstić information content (AvgIpc) is 2.32. The summed E-state index contributed by atoms with van der Waals surface area (Å²) in [4.78, 5) is 23.0. The fourth-order valence-corrected chi connectivity index (χ4v) is 2.21. The first kappa shape index (κ1) is 12.9. The number of carbonyl (C=O) groups is 2. The Kier molecular flexibility index (Phi) is 3.87. The highest BCUT2D eigenvalue weighted by Gasteiger charge is 2.21. The van der Waals surface area contributed by atoms with Crippen LogP contribution in [-0.2, 0) is 4.79 Å². The number of Topliss-reactive ketones (excluding diaryl/α,β-unsaturated/α-hetero) is 1. The van der Waals surface area contributed by atoms with Gasteiger partial charge in [-0.15, -0.1) is 0 Å². The number of benzene rings is 1. The van der Waals surface area contributed by atoms with Crippen LogP contribution in [0.25, 0.3) is 0 Å². The van der Waals surface area contributed by atoms with Gasteiger partial charge < -0.3 is 10.4 Å². The zero-order valence-electron chi connectivity index (χ0n) is 9.78. The van der Waals surface area contributed by atoms with Crippen LogP contribution in [-0.4, -0.2) is 22.8 Å². The minimum absolute atomic E-state index is 0.00489. The average molecular weight is 268 g/mol. The number of aromatic hydroxyl groups is 1. The first-order valence-electron chi connectivity index (χ1n) is 5.87. The third-order valence-electron chi connectivity index (χ3n) is 3.08. The Morgan fingerprint density at radius 2 is 2.00 bits per heavy atom. The molecule has 0 aliphatic heterocycles. The van der Waals surface area contributed by atoms with Crippen molar-refractivity contribution in [3.63, 3.8) is 0 Å². The molecule has 1 fully saturated rings. The second kappa shape index (κ2) is 5.40. The second-order valence-electron chi connectivity index (χ2n) is 4.45. The molecule has 1 saturated carbocycles. The van der Waals surface area contributed by atoms with Crippen LogP contribution in [0.2, 0.25) is 5.02 Å². The van der Waals surface area contributed by atoms with Crippen molar-refractivity contribution in [1.29, 1.82) is 0 Å². The molecule has 1 amide bonds. The maximum absolute atomic E-state index is 11.9. The number of hydrogen-bond donors (Lipinski definition) is 2.